The van der Waals surface area contributed by atoms with Crippen molar-refractivity contribution in [3.63, 3.8) is 0 Å². The van der Waals surface area contributed by atoms with Gasteiger partial charge in [-0.3, -0.25) is 14.9 Å². The molecule has 0 saturated carbocycles. The Hall–Kier alpha value is -1.08. The van der Waals surface area contributed by atoms with Gasteiger partial charge in [0.2, 0.25) is 0 Å². The number of nitro benzene ring substituents is 1. The third-order valence-electron chi connectivity index (χ3n) is 2.44. The Morgan fingerprint density at radius 3 is 2.30 bits per heavy atom. The summed E-state index contributed by atoms with van der Waals surface area (Å²) in [4.78, 5) is 21.5. The molecule has 110 valence electrons. The van der Waals surface area contributed by atoms with E-state index in [1.165, 1.54) is 24.3 Å². The standard InChI is InChI=1S/C11H11Cl3N2O4/c12-11(13,14)10(18)15-8(6-17)5-7-1-3-9(4-2-7)16(19)20/h1-4,8,17H,5-6H2,(H,15,18). The number of non-ortho nitro benzene ring substituents is 1. The van der Waals surface area contributed by atoms with E-state index in [2.05, 4.69) is 5.32 Å². The molecule has 0 fully saturated rings. The van der Waals surface area contributed by atoms with Crippen LogP contribution in [0.4, 0.5) is 5.69 Å². The summed E-state index contributed by atoms with van der Waals surface area (Å²) < 4.78 is -2.11. The van der Waals surface area contributed by atoms with Crippen molar-refractivity contribution < 1.29 is 14.8 Å². The van der Waals surface area contributed by atoms with Crippen molar-refractivity contribution in [1.29, 1.82) is 0 Å². The van der Waals surface area contributed by atoms with Crippen molar-refractivity contribution in [2.45, 2.75) is 16.3 Å². The van der Waals surface area contributed by atoms with Crippen molar-refractivity contribution in [3.05, 3.63) is 39.9 Å². The lowest BCUT2D eigenvalue weighted by atomic mass is 10.1. The first kappa shape index (κ1) is 17.0. The second kappa shape index (κ2) is 7.08. The molecule has 0 aliphatic rings. The number of amides is 1. The normalized spacial score (nSPS) is 12.8. The van der Waals surface area contributed by atoms with Gasteiger partial charge in [0, 0.05) is 12.1 Å². The molecule has 0 saturated heterocycles. The van der Waals surface area contributed by atoms with E-state index in [0.717, 1.165) is 0 Å². The fourth-order valence-electron chi connectivity index (χ4n) is 1.47. The number of rotatable bonds is 5. The van der Waals surface area contributed by atoms with E-state index in [1.54, 1.807) is 0 Å². The molecule has 0 spiro atoms. The maximum atomic E-state index is 11.5. The Morgan fingerprint density at radius 2 is 1.90 bits per heavy atom. The number of aliphatic hydroxyl groups excluding tert-OH is 1. The fraction of sp³-hybridized carbons (Fsp3) is 0.364. The lowest BCUT2D eigenvalue weighted by Crippen LogP contribution is -2.44. The van der Waals surface area contributed by atoms with Crippen molar-refractivity contribution in [2.75, 3.05) is 6.61 Å². The smallest absolute Gasteiger partial charge is 0.272 e. The van der Waals surface area contributed by atoms with E-state index < -0.39 is 20.7 Å². The van der Waals surface area contributed by atoms with Gasteiger partial charge in [-0.25, -0.2) is 0 Å². The molecular weight excluding hydrogens is 330 g/mol. The van der Waals surface area contributed by atoms with Crippen molar-refractivity contribution >= 4 is 46.4 Å². The average molecular weight is 342 g/mol. The second-order valence-electron chi connectivity index (χ2n) is 3.98. The Kier molecular flexibility index (Phi) is 6.01. The average Bonchev–Trinajstić information content (AvgIpc) is 2.37. The predicted molar refractivity (Wildman–Crippen MR) is 76.1 cm³/mol. The van der Waals surface area contributed by atoms with Crippen LogP contribution in [-0.4, -0.2) is 32.4 Å². The molecule has 0 aromatic heterocycles. The van der Waals surface area contributed by atoms with Crippen LogP contribution in [0.2, 0.25) is 0 Å². The maximum Gasteiger partial charge on any atom is 0.272 e. The molecule has 1 unspecified atom stereocenters. The number of nitrogens with one attached hydrogen (secondary N) is 1. The first-order chi connectivity index (χ1) is 9.24. The van der Waals surface area contributed by atoms with Gasteiger partial charge in [0.05, 0.1) is 17.6 Å². The fourth-order valence-corrected chi connectivity index (χ4v) is 1.63. The van der Waals surface area contributed by atoms with Crippen LogP contribution in [0, 0.1) is 10.1 Å². The molecule has 1 atom stereocenters. The SMILES string of the molecule is O=C(NC(CO)Cc1ccc([N+](=O)[O-])cc1)C(Cl)(Cl)Cl. The van der Waals surface area contributed by atoms with Crippen LogP contribution in [0.5, 0.6) is 0 Å². The Morgan fingerprint density at radius 1 is 1.35 bits per heavy atom. The topological polar surface area (TPSA) is 92.5 Å². The summed E-state index contributed by atoms with van der Waals surface area (Å²) in [6, 6.07) is 5.07. The first-order valence-corrected chi connectivity index (χ1v) is 6.59. The van der Waals surface area contributed by atoms with Crippen LogP contribution in [0.3, 0.4) is 0 Å². The lowest BCUT2D eigenvalue weighted by Gasteiger charge is -2.19. The van der Waals surface area contributed by atoms with Crippen LogP contribution in [0.25, 0.3) is 0 Å². The highest BCUT2D eigenvalue weighted by atomic mass is 35.6. The van der Waals surface area contributed by atoms with Gasteiger partial charge < -0.3 is 10.4 Å². The van der Waals surface area contributed by atoms with Crippen molar-refractivity contribution in [2.24, 2.45) is 0 Å². The molecule has 6 nitrogen and oxygen atoms in total. The number of alkyl halides is 3. The number of nitrogens with zero attached hydrogens (tertiary/aromatic N) is 1. The zero-order valence-electron chi connectivity index (χ0n) is 10.1. The zero-order valence-corrected chi connectivity index (χ0v) is 12.3. The molecule has 0 aliphatic carbocycles. The quantitative estimate of drug-likeness (QED) is 0.486. The molecule has 0 bridgehead atoms. The predicted octanol–water partition coefficient (Wildman–Crippen LogP) is 1.98. The van der Waals surface area contributed by atoms with Gasteiger partial charge in [0.1, 0.15) is 0 Å². The Bertz CT molecular complexity index is 487. The van der Waals surface area contributed by atoms with Gasteiger partial charge >= 0.3 is 0 Å². The number of carbonyl (C=O) groups excluding carboxylic acids is 1. The molecule has 20 heavy (non-hydrogen) atoms. The van der Waals surface area contributed by atoms with E-state index in [1.807, 2.05) is 0 Å². The molecule has 1 amide bonds. The van der Waals surface area contributed by atoms with Crippen LogP contribution in [0.15, 0.2) is 24.3 Å². The van der Waals surface area contributed by atoms with Crippen molar-refractivity contribution in [1.82, 2.24) is 5.32 Å². The van der Waals surface area contributed by atoms with Gasteiger partial charge in [0.15, 0.2) is 0 Å². The largest absolute Gasteiger partial charge is 0.394 e. The van der Waals surface area contributed by atoms with Crippen LogP contribution < -0.4 is 5.32 Å². The van der Waals surface area contributed by atoms with E-state index in [4.69, 9.17) is 34.8 Å². The molecule has 2 N–H and O–H groups in total. The molecule has 1 rings (SSSR count). The minimum absolute atomic E-state index is 0.0420. The van der Waals surface area contributed by atoms with Gasteiger partial charge in [-0.2, -0.15) is 0 Å². The molecule has 0 radical (unpaired) electrons. The third kappa shape index (κ3) is 5.13. The molecular formula is C11H11Cl3N2O4. The number of hydrogen-bond donors (Lipinski definition) is 2. The van der Waals surface area contributed by atoms with Gasteiger partial charge in [-0.05, 0) is 12.0 Å². The lowest BCUT2D eigenvalue weighted by molar-refractivity contribution is -0.384. The molecule has 0 aliphatic heterocycles. The van der Waals surface area contributed by atoms with Crippen LogP contribution in [-0.2, 0) is 11.2 Å². The second-order valence-corrected chi connectivity index (χ2v) is 6.26. The summed E-state index contributed by atoms with van der Waals surface area (Å²) in [5.41, 5.74) is 0.652. The minimum Gasteiger partial charge on any atom is -0.394 e. The summed E-state index contributed by atoms with van der Waals surface area (Å²) in [6.45, 7) is -0.358. The highest BCUT2D eigenvalue weighted by Gasteiger charge is 2.32. The van der Waals surface area contributed by atoms with E-state index in [9.17, 15) is 20.0 Å². The highest BCUT2D eigenvalue weighted by molar-refractivity contribution is 6.76. The maximum absolute atomic E-state index is 11.5. The number of nitro groups is 1. The number of hydrogen-bond acceptors (Lipinski definition) is 4. The number of carbonyl (C=O) groups is 1. The summed E-state index contributed by atoms with van der Waals surface area (Å²) >= 11 is 16.2. The van der Waals surface area contributed by atoms with Crippen LogP contribution >= 0.6 is 34.8 Å². The Labute approximate surface area is 129 Å². The number of benzene rings is 1. The minimum atomic E-state index is -2.11. The van der Waals surface area contributed by atoms with Gasteiger partial charge in [-0.1, -0.05) is 46.9 Å². The zero-order chi connectivity index (χ0) is 15.3. The number of aliphatic hydroxyl groups is 1. The molecule has 1 aromatic carbocycles. The number of halogens is 3. The Balaban J connectivity index is 2.69. The first-order valence-electron chi connectivity index (χ1n) is 5.46. The summed E-state index contributed by atoms with van der Waals surface area (Å²) in [7, 11) is 0. The summed E-state index contributed by atoms with van der Waals surface area (Å²) in [6.07, 6.45) is 0.251. The highest BCUT2D eigenvalue weighted by Crippen LogP contribution is 2.26. The molecule has 9 heteroatoms. The van der Waals surface area contributed by atoms with Gasteiger partial charge in [0.25, 0.3) is 15.4 Å². The monoisotopic (exact) mass is 340 g/mol. The summed E-state index contributed by atoms with van der Waals surface area (Å²) in [5.74, 6) is -0.844. The molecule has 0 heterocycles. The third-order valence-corrected chi connectivity index (χ3v) is 2.96. The van der Waals surface area contributed by atoms with Gasteiger partial charge in [-0.15, -0.1) is 0 Å². The summed E-state index contributed by atoms with van der Waals surface area (Å²) in [5, 5.41) is 22.1. The van der Waals surface area contributed by atoms with Crippen molar-refractivity contribution in [3.8, 4) is 0 Å². The van der Waals surface area contributed by atoms with E-state index in [-0.39, 0.29) is 18.7 Å². The van der Waals surface area contributed by atoms with E-state index >= 15 is 0 Å². The molecule has 1 aromatic rings. The van der Waals surface area contributed by atoms with E-state index in [0.29, 0.717) is 5.56 Å². The van der Waals surface area contributed by atoms with Crippen LogP contribution in [0.1, 0.15) is 5.56 Å².